The first kappa shape index (κ1) is 79.4. The van der Waals surface area contributed by atoms with Gasteiger partial charge in [0.1, 0.15) is 23.9 Å². The predicted molar refractivity (Wildman–Crippen MR) is 402 cm³/mol. The minimum Gasteiger partial charge on any atom is -0.481 e. The van der Waals surface area contributed by atoms with Gasteiger partial charge in [-0.25, -0.2) is 19.6 Å². The fourth-order valence-electron chi connectivity index (χ4n) is 15.7. The SMILES string of the molecule is CC(=O)O[C@H]1C(=O)[C@@]2(C)[C@H]([C@H](OC(=O)c3ccc([Si](C)(C)O[Si](C)(CCCC(=O)O)c4ccc(NC(=O)CCCNC(=O)c5ccc(NCc6cnc7nc(N)[nH]c(=O)c7n6)cc5)cc4)cc3)[C@]3(O)C[C@H](OC(=O)[C@H](O)[C@@H](NC(=O)c4ccccc4)c4ccccc4)C(C)=C1C3(C)C)[C@]1(OC(C)=O)CO[C@@H]1C[C@@H]2O. The lowest BCUT2D eigenvalue weighted by Crippen LogP contribution is -2.82. The van der Waals surface area contributed by atoms with Crippen LogP contribution in [0.3, 0.4) is 0 Å². The zero-order valence-corrected chi connectivity index (χ0v) is 63.7. The van der Waals surface area contributed by atoms with Gasteiger partial charge in [0, 0.05) is 74.0 Å². The van der Waals surface area contributed by atoms with E-state index in [0.29, 0.717) is 45.8 Å². The number of anilines is 3. The minimum absolute atomic E-state index is 0.0517. The molecule has 1 aliphatic heterocycles. The van der Waals surface area contributed by atoms with Crippen molar-refractivity contribution in [1.29, 1.82) is 0 Å². The molecule has 2 bridgehead atoms. The number of fused-ring (bicyclic) bond motifs is 6. The first-order chi connectivity index (χ1) is 51.6. The summed E-state index contributed by atoms with van der Waals surface area (Å²) in [5, 5.41) is 61.8. The summed E-state index contributed by atoms with van der Waals surface area (Å²) in [5.74, 6) is -9.10. The van der Waals surface area contributed by atoms with Gasteiger partial charge in [-0.3, -0.25) is 43.3 Å². The molecule has 574 valence electrons. The molecule has 2 aromatic heterocycles. The number of amides is 3. The highest BCUT2D eigenvalue weighted by Gasteiger charge is 2.78. The number of Topliss-reactive ketones (excluding diaryl/α,β-unsaturated/α-hetero) is 1. The Morgan fingerprint density at radius 2 is 1.39 bits per heavy atom. The average molecular weight is 1530 g/mol. The number of rotatable bonds is 27. The molecule has 109 heavy (non-hydrogen) atoms. The van der Waals surface area contributed by atoms with Gasteiger partial charge in [0.05, 0.1) is 54.1 Å². The van der Waals surface area contributed by atoms with Crippen molar-refractivity contribution in [3.8, 4) is 0 Å². The molecule has 3 aliphatic carbocycles. The molecule has 3 fully saturated rings. The topological polar surface area (TPSA) is 436 Å². The van der Waals surface area contributed by atoms with Crippen molar-refractivity contribution in [2.75, 3.05) is 29.5 Å². The number of H-pyrrole nitrogens is 1. The van der Waals surface area contributed by atoms with E-state index >= 15 is 9.59 Å². The van der Waals surface area contributed by atoms with Gasteiger partial charge in [-0.1, -0.05) is 86.6 Å². The number of aromatic nitrogens is 4. The summed E-state index contributed by atoms with van der Waals surface area (Å²) in [6.07, 6.45) is -9.38. The smallest absolute Gasteiger partial charge is 0.338 e. The number of carbonyl (C=O) groups is 9. The molecule has 0 spiro atoms. The Morgan fingerprint density at radius 3 is 2.03 bits per heavy atom. The van der Waals surface area contributed by atoms with E-state index in [1.807, 2.05) is 31.8 Å². The minimum atomic E-state index is -3.11. The summed E-state index contributed by atoms with van der Waals surface area (Å²) in [5.41, 5.74) is -0.665. The van der Waals surface area contributed by atoms with Gasteiger partial charge < -0.3 is 75.2 Å². The van der Waals surface area contributed by atoms with Crippen molar-refractivity contribution >= 4 is 109 Å². The number of ketones is 1. The molecular formula is C78H89N9O20Si2. The first-order valence-corrected chi connectivity index (χ1v) is 41.3. The first-order valence-electron chi connectivity index (χ1n) is 35.8. The summed E-state index contributed by atoms with van der Waals surface area (Å²) >= 11 is 0. The van der Waals surface area contributed by atoms with E-state index in [4.69, 9.17) is 33.5 Å². The lowest BCUT2D eigenvalue weighted by atomic mass is 9.44. The Kier molecular flexibility index (Phi) is 23.2. The quantitative estimate of drug-likeness (QED) is 0.00944. The highest BCUT2D eigenvalue weighted by atomic mass is 28.4. The van der Waals surface area contributed by atoms with Crippen LogP contribution < -0.4 is 42.9 Å². The van der Waals surface area contributed by atoms with Crippen molar-refractivity contribution in [2.24, 2.45) is 16.7 Å². The van der Waals surface area contributed by atoms with Crippen LogP contribution in [0.2, 0.25) is 25.7 Å². The monoisotopic (exact) mass is 1530 g/mol. The molecule has 7 aromatic rings. The van der Waals surface area contributed by atoms with Crippen LogP contribution in [0.15, 0.2) is 156 Å². The highest BCUT2D eigenvalue weighted by molar-refractivity contribution is 6.97. The third-order valence-electron chi connectivity index (χ3n) is 21.6. The third-order valence-corrected chi connectivity index (χ3v) is 30.0. The number of benzene rings is 5. The Bertz CT molecular complexity index is 4740. The van der Waals surface area contributed by atoms with E-state index in [0.717, 1.165) is 19.0 Å². The van der Waals surface area contributed by atoms with Crippen LogP contribution in [0, 0.1) is 16.7 Å². The number of aromatic amines is 1. The second-order valence-corrected chi connectivity index (χ2v) is 37.5. The number of nitrogen functional groups attached to an aromatic ring is 1. The summed E-state index contributed by atoms with van der Waals surface area (Å²) < 4.78 is 38.5. The molecule has 0 radical (unpaired) electrons. The Hall–Kier alpha value is -10.7. The van der Waals surface area contributed by atoms with Crippen LogP contribution in [0.25, 0.3) is 11.2 Å². The van der Waals surface area contributed by atoms with Gasteiger partial charge in [-0.2, -0.15) is 4.98 Å². The molecule has 12 atom stereocenters. The summed E-state index contributed by atoms with van der Waals surface area (Å²) in [6.45, 7) is 14.0. The summed E-state index contributed by atoms with van der Waals surface area (Å²) in [7, 11) is -6.19. The maximum Gasteiger partial charge on any atom is 0.338 e. The normalized spacial score (nSPS) is 23.8. The van der Waals surface area contributed by atoms with Crippen LogP contribution in [0.4, 0.5) is 17.3 Å². The average Bonchev–Trinajstić information content (AvgIpc) is 0.668. The van der Waals surface area contributed by atoms with E-state index in [1.165, 1.54) is 46.0 Å². The fraction of sp³-hybridized carbons (Fsp3) is 0.397. The van der Waals surface area contributed by atoms with Gasteiger partial charge in [0.25, 0.3) is 17.4 Å². The molecular weight excluding hydrogens is 1440 g/mol. The van der Waals surface area contributed by atoms with E-state index in [-0.39, 0.29) is 90.0 Å². The number of ether oxygens (including phenoxy) is 5. The second-order valence-electron chi connectivity index (χ2n) is 29.6. The number of esters is 4. The van der Waals surface area contributed by atoms with Crippen molar-refractivity contribution < 1.29 is 91.4 Å². The molecule has 1 saturated heterocycles. The molecule has 3 amide bonds. The number of carboxylic acids is 1. The number of nitrogens with zero attached hydrogens (tertiary/aromatic N) is 3. The molecule has 31 heteroatoms. The Balaban J connectivity index is 0.807. The number of nitrogens with one attached hydrogen (secondary N) is 5. The maximum atomic E-state index is 16.0. The number of nitrogens with two attached hydrogens (primary N) is 1. The van der Waals surface area contributed by atoms with Gasteiger partial charge in [0.2, 0.25) is 28.5 Å². The molecule has 1 unspecified atom stereocenters. The van der Waals surface area contributed by atoms with E-state index in [9.17, 15) is 58.8 Å². The van der Waals surface area contributed by atoms with Crippen LogP contribution in [0.1, 0.15) is 128 Å². The van der Waals surface area contributed by atoms with E-state index < -0.39 is 147 Å². The number of carbonyl (C=O) groups excluding carboxylic acids is 8. The predicted octanol–water partition coefficient (Wildman–Crippen LogP) is 5.88. The zero-order chi connectivity index (χ0) is 78.7. The molecule has 2 saturated carbocycles. The summed E-state index contributed by atoms with van der Waals surface area (Å²) in [6, 6.07) is 35.4. The van der Waals surface area contributed by atoms with Crippen LogP contribution in [-0.2, 0) is 63.1 Å². The van der Waals surface area contributed by atoms with Gasteiger partial charge in [-0.05, 0) is 140 Å². The van der Waals surface area contributed by atoms with E-state index in [1.54, 1.807) is 109 Å². The summed E-state index contributed by atoms with van der Waals surface area (Å²) in [4.78, 5) is 152. The number of aliphatic carboxylic acids is 1. The van der Waals surface area contributed by atoms with Gasteiger partial charge in [-0.15, -0.1) is 0 Å². The van der Waals surface area contributed by atoms with Crippen molar-refractivity contribution in [2.45, 2.75) is 166 Å². The van der Waals surface area contributed by atoms with Crippen LogP contribution in [-0.4, -0.2) is 171 Å². The molecule has 11 N–H and O–H groups in total. The lowest BCUT2D eigenvalue weighted by Gasteiger charge is -2.67. The van der Waals surface area contributed by atoms with Crippen molar-refractivity contribution in [3.63, 3.8) is 0 Å². The second kappa shape index (κ2) is 31.9. The number of hydrogen-bond donors (Lipinski definition) is 10. The molecule has 29 nitrogen and oxygen atoms in total. The van der Waals surface area contributed by atoms with Crippen molar-refractivity contribution in [1.82, 2.24) is 30.6 Å². The number of hydrogen-bond acceptors (Lipinski definition) is 24. The highest BCUT2D eigenvalue weighted by Crippen LogP contribution is 2.64. The third kappa shape index (κ3) is 16.4. The molecule has 4 aliphatic rings. The largest absolute Gasteiger partial charge is 0.481 e. The zero-order valence-electron chi connectivity index (χ0n) is 61.7. The Labute approximate surface area is 629 Å². The van der Waals surface area contributed by atoms with E-state index in [2.05, 4.69) is 41.2 Å². The molecule has 11 rings (SSSR count). The fourth-order valence-corrected chi connectivity index (χ4v) is 24.6. The number of carboxylic acid groups (broad SMARTS) is 1. The number of aliphatic hydroxyl groups excluding tert-OH is 2. The lowest BCUT2D eigenvalue weighted by molar-refractivity contribution is -0.346. The van der Waals surface area contributed by atoms with Crippen molar-refractivity contribution in [3.05, 3.63) is 189 Å². The van der Waals surface area contributed by atoms with Crippen LogP contribution >= 0.6 is 0 Å². The molecule has 3 heterocycles. The standard InChI is InChI=1S/C78H89N9O20Si2/c1-43-55(104-73(100)63(94)61(46-18-12-10-13-19-46)85-70(97)47-20-14-11-15-21-47)39-78(101)67(65-76(6,56(90)38-57-77(65,42-102-57)106-45(3)89)66(95)64(103-44(2)88)60(43)75(78,4)5)105-72(99)49-26-32-53(33-27-49)108(7,8)107-109(9,37-17-23-59(92)93)54-34-30-51(31-35-54)83-58(91)22-16-36-80-69(96)48-24-28-50(29-25-48)81-40-52-41-82-68-62(84-52)71(98)87-74(79)86-68/h10-15,18-21,24-35,41,55-57,61,63-65,67,81,90,94,101H,16-17,22-23,36-40,42H2,1-9H3,(H,80,96)(H,83,91)(H,85,97)(H,92,93)(H3,79,82,86,87,98)/t55-,56-,57+,61-,63+,64+,65-,67-,76+,77-,78+,109?/m0/s1. The number of aliphatic hydroxyl groups is 3. The Morgan fingerprint density at radius 1 is 0.761 bits per heavy atom. The van der Waals surface area contributed by atoms with Gasteiger partial charge >= 0.3 is 29.8 Å². The van der Waals surface area contributed by atoms with Gasteiger partial charge in [0.15, 0.2) is 34.8 Å². The maximum absolute atomic E-state index is 16.0. The molecule has 5 aromatic carbocycles. The van der Waals surface area contributed by atoms with Crippen LogP contribution in [0.5, 0.6) is 0 Å².